The maximum atomic E-state index is 12.9. The smallest absolute Gasteiger partial charge is 0.359 e. The molecule has 0 aliphatic rings. The number of H-pyrrole nitrogens is 1. The Morgan fingerprint density at radius 2 is 1.87 bits per heavy atom. The van der Waals surface area contributed by atoms with Crippen molar-refractivity contribution in [2.75, 3.05) is 11.0 Å². The number of hydrogen-bond donors (Lipinski definition) is 2. The molecule has 0 amide bonds. The van der Waals surface area contributed by atoms with E-state index >= 15 is 0 Å². The van der Waals surface area contributed by atoms with Crippen LogP contribution in [0.1, 0.15) is 41.9 Å². The number of nitriles is 1. The molecule has 0 saturated heterocycles. The monoisotopic (exact) mass is 435 g/mol. The second kappa shape index (κ2) is 8.40. The van der Waals surface area contributed by atoms with E-state index in [4.69, 9.17) is 5.26 Å². The molecule has 2 N–H and O–H groups in total. The van der Waals surface area contributed by atoms with Gasteiger partial charge in [0.05, 0.1) is 29.1 Å². The Bertz CT molecular complexity index is 1180. The summed E-state index contributed by atoms with van der Waals surface area (Å²) in [5.41, 5.74) is 1.79. The third kappa shape index (κ3) is 4.94. The van der Waals surface area contributed by atoms with Crippen molar-refractivity contribution in [3.05, 3.63) is 65.4 Å². The summed E-state index contributed by atoms with van der Waals surface area (Å²) in [7, 11) is -3.48. The zero-order valence-electron chi connectivity index (χ0n) is 16.1. The number of para-hydroxylation sites is 1. The number of benzene rings is 2. The number of halogens is 3. The molecule has 2 aromatic carbocycles. The Hall–Kier alpha value is -2.99. The van der Waals surface area contributed by atoms with Gasteiger partial charge >= 0.3 is 6.18 Å². The van der Waals surface area contributed by atoms with Crippen molar-refractivity contribution >= 4 is 26.6 Å². The lowest BCUT2D eigenvalue weighted by Crippen LogP contribution is -2.09. The van der Waals surface area contributed by atoms with Crippen LogP contribution in [0.3, 0.4) is 0 Å². The zero-order chi connectivity index (χ0) is 21.9. The van der Waals surface area contributed by atoms with Crippen molar-refractivity contribution < 1.29 is 21.6 Å². The summed E-state index contributed by atoms with van der Waals surface area (Å²) in [4.78, 5) is 3.08. The van der Waals surface area contributed by atoms with Gasteiger partial charge in [-0.25, -0.2) is 8.42 Å². The molecule has 9 heteroatoms. The van der Waals surface area contributed by atoms with E-state index in [0.29, 0.717) is 36.0 Å². The lowest BCUT2D eigenvalue weighted by molar-refractivity contribution is -0.137. The molecule has 0 spiro atoms. The molecule has 0 bridgehead atoms. The van der Waals surface area contributed by atoms with E-state index in [0.717, 1.165) is 29.3 Å². The predicted octanol–water partition coefficient (Wildman–Crippen LogP) is 5.38. The van der Waals surface area contributed by atoms with Gasteiger partial charge in [0.2, 0.25) is 10.0 Å². The molecule has 0 aliphatic carbocycles. The normalized spacial score (nSPS) is 13.2. The molecule has 1 atom stereocenters. The highest BCUT2D eigenvalue weighted by molar-refractivity contribution is 7.92. The van der Waals surface area contributed by atoms with Crippen molar-refractivity contribution in [3.63, 3.8) is 0 Å². The fourth-order valence-electron chi connectivity index (χ4n) is 3.54. The van der Waals surface area contributed by atoms with Gasteiger partial charge in [0.25, 0.3) is 0 Å². The lowest BCUT2D eigenvalue weighted by atomic mass is 9.86. The van der Waals surface area contributed by atoms with E-state index in [9.17, 15) is 21.6 Å². The van der Waals surface area contributed by atoms with Crippen LogP contribution in [0.15, 0.2) is 48.7 Å². The number of anilines is 1. The third-order valence-electron chi connectivity index (χ3n) is 4.84. The summed E-state index contributed by atoms with van der Waals surface area (Å²) in [5, 5.41) is 9.65. The van der Waals surface area contributed by atoms with Gasteiger partial charge in [0, 0.05) is 23.9 Å². The number of fused-ring (bicyclic) bond motifs is 1. The van der Waals surface area contributed by atoms with Crippen LogP contribution in [-0.4, -0.2) is 19.7 Å². The van der Waals surface area contributed by atoms with Crippen LogP contribution >= 0.6 is 0 Å². The van der Waals surface area contributed by atoms with Crippen molar-refractivity contribution in [2.24, 2.45) is 0 Å². The molecule has 0 radical (unpaired) electrons. The highest BCUT2D eigenvalue weighted by Gasteiger charge is 2.30. The summed E-state index contributed by atoms with van der Waals surface area (Å²) in [6, 6.07) is 12.3. The van der Waals surface area contributed by atoms with Gasteiger partial charge in [-0.2, -0.15) is 18.4 Å². The Balaban J connectivity index is 2.05. The Kier molecular flexibility index (Phi) is 6.08. The first-order valence-corrected chi connectivity index (χ1v) is 11.1. The molecule has 3 aromatic rings. The van der Waals surface area contributed by atoms with Crippen molar-refractivity contribution in [1.82, 2.24) is 4.98 Å². The molecule has 3 rings (SSSR count). The number of aromatic nitrogens is 1. The summed E-state index contributed by atoms with van der Waals surface area (Å²) in [6.45, 7) is 0. The first-order valence-electron chi connectivity index (χ1n) is 9.22. The van der Waals surface area contributed by atoms with Gasteiger partial charge in [-0.1, -0.05) is 24.3 Å². The van der Waals surface area contributed by atoms with Gasteiger partial charge in [0.15, 0.2) is 0 Å². The van der Waals surface area contributed by atoms with Crippen LogP contribution < -0.4 is 4.72 Å². The quantitative estimate of drug-likeness (QED) is 0.488. The third-order valence-corrected chi connectivity index (χ3v) is 5.43. The van der Waals surface area contributed by atoms with Crippen LogP contribution in [-0.2, 0) is 16.2 Å². The van der Waals surface area contributed by atoms with E-state index in [-0.39, 0.29) is 5.92 Å². The molecule has 0 fully saturated rings. The SMILES string of the molecule is CS(=O)(=O)Nc1cccc2c(C(CCCC#N)c3ccc(C(F)(F)F)cc3)c[nH]c12. The minimum Gasteiger partial charge on any atom is -0.359 e. The molecule has 0 aliphatic heterocycles. The number of aromatic amines is 1. The highest BCUT2D eigenvalue weighted by atomic mass is 32.2. The zero-order valence-corrected chi connectivity index (χ0v) is 16.9. The maximum Gasteiger partial charge on any atom is 0.416 e. The molecule has 30 heavy (non-hydrogen) atoms. The Morgan fingerprint density at radius 3 is 2.47 bits per heavy atom. The Morgan fingerprint density at radius 1 is 1.17 bits per heavy atom. The maximum absolute atomic E-state index is 12.9. The highest BCUT2D eigenvalue weighted by Crippen LogP contribution is 2.38. The standard InChI is InChI=1S/C21H20F3N3O2S/c1-30(28,29)27-19-7-4-6-17-18(13-26-20(17)19)16(5-2-3-12-25)14-8-10-15(11-9-14)21(22,23)24/h4,6-11,13,16,26-27H,2-3,5H2,1H3. The van der Waals surface area contributed by atoms with Crippen LogP contribution in [0.25, 0.3) is 10.9 Å². The number of nitrogens with one attached hydrogen (secondary N) is 2. The number of sulfonamides is 1. The topological polar surface area (TPSA) is 85.8 Å². The van der Waals surface area contributed by atoms with Crippen molar-refractivity contribution in [3.8, 4) is 6.07 Å². The summed E-state index contributed by atoms with van der Waals surface area (Å²) in [6.07, 6.45) is -0.136. The first kappa shape index (κ1) is 21.7. The first-order chi connectivity index (χ1) is 14.1. The number of rotatable bonds is 7. The van der Waals surface area contributed by atoms with Gasteiger partial charge < -0.3 is 4.98 Å². The molecule has 1 aromatic heterocycles. The van der Waals surface area contributed by atoms with Gasteiger partial charge in [0.1, 0.15) is 0 Å². The summed E-state index contributed by atoms with van der Waals surface area (Å²) in [5.74, 6) is -0.247. The van der Waals surface area contributed by atoms with Gasteiger partial charge in [-0.05, 0) is 42.2 Å². The van der Waals surface area contributed by atoms with Crippen LogP contribution in [0, 0.1) is 11.3 Å². The second-order valence-electron chi connectivity index (χ2n) is 7.07. The van der Waals surface area contributed by atoms with Crippen molar-refractivity contribution in [1.29, 1.82) is 5.26 Å². The largest absolute Gasteiger partial charge is 0.416 e. The lowest BCUT2D eigenvalue weighted by Gasteiger charge is -2.18. The molecule has 158 valence electrons. The van der Waals surface area contributed by atoms with E-state index in [2.05, 4.69) is 15.8 Å². The van der Waals surface area contributed by atoms with Gasteiger partial charge in [-0.3, -0.25) is 4.72 Å². The predicted molar refractivity (Wildman–Crippen MR) is 110 cm³/mol. The number of alkyl halides is 3. The minimum atomic E-state index is -4.41. The molecular weight excluding hydrogens is 415 g/mol. The second-order valence-corrected chi connectivity index (χ2v) is 8.82. The average Bonchev–Trinajstić information content (AvgIpc) is 3.09. The minimum absolute atomic E-state index is 0.247. The summed E-state index contributed by atoms with van der Waals surface area (Å²) < 4.78 is 64.6. The number of hydrogen-bond acceptors (Lipinski definition) is 3. The van der Waals surface area contributed by atoms with Crippen LogP contribution in [0.2, 0.25) is 0 Å². The fraction of sp³-hybridized carbons (Fsp3) is 0.286. The Labute approximate surface area is 172 Å². The molecular formula is C21H20F3N3O2S. The van der Waals surface area contributed by atoms with Gasteiger partial charge in [-0.15, -0.1) is 0 Å². The average molecular weight is 435 g/mol. The fourth-order valence-corrected chi connectivity index (χ4v) is 4.11. The van der Waals surface area contributed by atoms with Crippen LogP contribution in [0.4, 0.5) is 18.9 Å². The number of unbranched alkanes of at least 4 members (excludes halogenated alkanes) is 1. The number of nitrogens with zero attached hydrogens (tertiary/aromatic N) is 1. The van der Waals surface area contributed by atoms with Crippen LogP contribution in [0.5, 0.6) is 0 Å². The van der Waals surface area contributed by atoms with E-state index in [1.807, 2.05) is 6.07 Å². The molecule has 0 saturated carbocycles. The van der Waals surface area contributed by atoms with E-state index in [1.54, 1.807) is 18.3 Å². The molecule has 1 heterocycles. The van der Waals surface area contributed by atoms with E-state index < -0.39 is 21.8 Å². The van der Waals surface area contributed by atoms with Crippen molar-refractivity contribution in [2.45, 2.75) is 31.4 Å². The summed E-state index contributed by atoms with van der Waals surface area (Å²) >= 11 is 0. The molecule has 5 nitrogen and oxygen atoms in total. The molecule has 1 unspecified atom stereocenters. The van der Waals surface area contributed by atoms with E-state index in [1.165, 1.54) is 12.1 Å².